The zero-order valence-corrected chi connectivity index (χ0v) is 8.88. The molecule has 0 fully saturated rings. The van der Waals surface area contributed by atoms with Gasteiger partial charge in [0.1, 0.15) is 24.4 Å². The minimum Gasteiger partial charge on any atom is -0.394 e. The molecule has 0 saturated carbocycles. The van der Waals surface area contributed by atoms with E-state index in [1.807, 2.05) is 0 Å². The van der Waals surface area contributed by atoms with Gasteiger partial charge in [-0.2, -0.15) is 0 Å². The number of aliphatic hydroxyl groups is 5. The number of carbonyl (C=O) groups excluding carboxylic acids is 1. The summed E-state index contributed by atoms with van der Waals surface area (Å²) in [4.78, 5) is 24.1. The van der Waals surface area contributed by atoms with Crippen LogP contribution in [0, 0.1) is 0 Å². The Bertz CT molecular complexity index is 206. The fourth-order valence-corrected chi connectivity index (χ4v) is 0.618. The van der Waals surface area contributed by atoms with Gasteiger partial charge in [-0.3, -0.25) is 0 Å². The van der Waals surface area contributed by atoms with Crippen LogP contribution in [0.4, 0.5) is 0 Å². The van der Waals surface area contributed by atoms with Gasteiger partial charge in [-0.25, -0.2) is 0 Å². The Morgan fingerprint density at radius 2 is 1.44 bits per heavy atom. The van der Waals surface area contributed by atoms with E-state index in [9.17, 15) is 4.79 Å². The Labute approximate surface area is 91.2 Å². The van der Waals surface area contributed by atoms with Crippen LogP contribution in [0.5, 0.6) is 0 Å². The zero-order valence-electron chi connectivity index (χ0n) is 7.99. The molecule has 0 rings (SSSR count). The van der Waals surface area contributed by atoms with Crippen LogP contribution in [0.3, 0.4) is 0 Å². The van der Waals surface area contributed by atoms with Crippen LogP contribution >= 0.6 is 8.25 Å². The lowest BCUT2D eigenvalue weighted by molar-refractivity contribution is -0.136. The number of carbonyl (C=O) groups is 1. The molecule has 0 spiro atoms. The van der Waals surface area contributed by atoms with Gasteiger partial charge in [-0.05, 0) is 0 Å². The maximum atomic E-state index is 9.90. The van der Waals surface area contributed by atoms with Gasteiger partial charge in [0.25, 0.3) is 0 Å². The molecule has 0 aliphatic rings. The number of rotatable bonds is 5. The van der Waals surface area contributed by atoms with Crippen molar-refractivity contribution in [2.24, 2.45) is 0 Å². The number of aldehydes is 1. The maximum Gasteiger partial charge on any atom is 0.692 e. The van der Waals surface area contributed by atoms with E-state index < -0.39 is 39.3 Å². The Hall–Kier alpha value is -0.510. The van der Waals surface area contributed by atoms with E-state index in [0.29, 0.717) is 0 Å². The molecule has 7 N–H and O–H groups in total. The lowest BCUT2D eigenvalue weighted by Crippen LogP contribution is -2.46. The van der Waals surface area contributed by atoms with Crippen LogP contribution in [-0.2, 0) is 9.36 Å². The highest BCUT2D eigenvalue weighted by Gasteiger charge is 2.29. The van der Waals surface area contributed by atoms with Gasteiger partial charge in [0.2, 0.25) is 0 Å². The first-order valence-corrected chi connectivity index (χ1v) is 5.07. The van der Waals surface area contributed by atoms with Crippen LogP contribution in [-0.4, -0.2) is 72.6 Å². The molecular weight excluding hydrogens is 247 g/mol. The predicted octanol–water partition coefficient (Wildman–Crippen LogP) is -3.75. The molecule has 9 nitrogen and oxygen atoms in total. The molecule has 0 radical (unpaired) electrons. The maximum absolute atomic E-state index is 9.90. The van der Waals surface area contributed by atoms with E-state index in [0.717, 1.165) is 0 Å². The van der Waals surface area contributed by atoms with Crippen LogP contribution in [0.15, 0.2) is 0 Å². The highest BCUT2D eigenvalue weighted by molar-refractivity contribution is 7.30. The first-order valence-electron chi connectivity index (χ1n) is 3.91. The average molecular weight is 261 g/mol. The molecule has 0 aromatic carbocycles. The van der Waals surface area contributed by atoms with Crippen molar-refractivity contribution in [1.82, 2.24) is 0 Å². The fraction of sp³-hybridized carbons (Fsp3) is 0.833. The van der Waals surface area contributed by atoms with E-state index in [1.165, 1.54) is 0 Å². The first-order chi connectivity index (χ1) is 7.27. The van der Waals surface area contributed by atoms with E-state index >= 15 is 0 Å². The first kappa shape index (κ1) is 17.9. The third-order valence-corrected chi connectivity index (χ3v) is 1.42. The summed E-state index contributed by atoms with van der Waals surface area (Å²) in [7, 11) is -2.87. The second-order valence-electron chi connectivity index (χ2n) is 2.61. The van der Waals surface area contributed by atoms with E-state index in [2.05, 4.69) is 0 Å². The highest BCUT2D eigenvalue weighted by Crippen LogP contribution is 2.02. The van der Waals surface area contributed by atoms with Crippen molar-refractivity contribution in [2.75, 3.05) is 6.61 Å². The van der Waals surface area contributed by atoms with Crippen molar-refractivity contribution in [3.05, 3.63) is 0 Å². The van der Waals surface area contributed by atoms with Crippen LogP contribution in [0.1, 0.15) is 0 Å². The Kier molecular flexibility index (Phi) is 10.8. The van der Waals surface area contributed by atoms with Crippen molar-refractivity contribution in [3.63, 3.8) is 0 Å². The fourth-order valence-electron chi connectivity index (χ4n) is 0.618. The summed E-state index contributed by atoms with van der Waals surface area (Å²) in [5, 5.41) is 43.5. The van der Waals surface area contributed by atoms with Gasteiger partial charge in [-0.15, -0.1) is 9.79 Å². The molecule has 0 amide bonds. The van der Waals surface area contributed by atoms with Crippen molar-refractivity contribution < 1.29 is 44.7 Å². The number of aliphatic hydroxyl groups excluding tert-OH is 5. The van der Waals surface area contributed by atoms with Crippen molar-refractivity contribution >= 4 is 14.5 Å². The molecule has 4 atom stereocenters. The lowest BCUT2D eigenvalue weighted by Gasteiger charge is -2.22. The second-order valence-corrected chi connectivity index (χ2v) is 3.12. The molecule has 0 aromatic rings. The molecule has 0 unspecified atom stereocenters. The van der Waals surface area contributed by atoms with Crippen molar-refractivity contribution in [3.8, 4) is 0 Å². The molecule has 0 heterocycles. The number of hydrogen-bond donors (Lipinski definition) is 7. The van der Waals surface area contributed by atoms with E-state index in [-0.39, 0.29) is 6.29 Å². The lowest BCUT2D eigenvalue weighted by atomic mass is 10.0. The summed E-state index contributed by atoms with van der Waals surface area (Å²) in [5.74, 6) is 0. The standard InChI is InChI=1S/C6H12O6.HO3P/c7-1-3(9)5(11)6(12)4(10)2-8;1-4(2)3/h1,3-6,8-12H,2H2;(H-,1,2,3)/p+1/t3-,4+,5+,6+;/m0./s1. The van der Waals surface area contributed by atoms with Gasteiger partial charge in [0, 0.05) is 4.57 Å². The zero-order chi connectivity index (χ0) is 13.3. The molecule has 0 bridgehead atoms. The van der Waals surface area contributed by atoms with Gasteiger partial charge >= 0.3 is 8.25 Å². The normalized spacial score (nSPS) is 17.4. The molecule has 10 heteroatoms. The predicted molar refractivity (Wildman–Crippen MR) is 49.2 cm³/mol. The topological polar surface area (TPSA) is 176 Å². The van der Waals surface area contributed by atoms with Crippen LogP contribution in [0.2, 0.25) is 0 Å². The minimum atomic E-state index is -2.87. The molecule has 16 heavy (non-hydrogen) atoms. The van der Waals surface area contributed by atoms with E-state index in [1.54, 1.807) is 0 Å². The quantitative estimate of drug-likeness (QED) is 0.193. The number of hydrogen-bond acceptors (Lipinski definition) is 7. The molecule has 96 valence electrons. The third-order valence-electron chi connectivity index (χ3n) is 1.42. The Morgan fingerprint density at radius 1 is 1.06 bits per heavy atom. The molecule has 0 saturated heterocycles. The van der Waals surface area contributed by atoms with Gasteiger partial charge < -0.3 is 30.3 Å². The smallest absolute Gasteiger partial charge is 0.394 e. The summed E-state index contributed by atoms with van der Waals surface area (Å²) in [5.41, 5.74) is 0. The third kappa shape index (κ3) is 8.77. The summed E-state index contributed by atoms with van der Waals surface area (Å²) in [6, 6.07) is 0. The van der Waals surface area contributed by atoms with E-state index in [4.69, 9.17) is 39.9 Å². The molecular formula is C6H14O9P+. The summed E-state index contributed by atoms with van der Waals surface area (Å²) >= 11 is 0. The molecule has 0 aliphatic carbocycles. The van der Waals surface area contributed by atoms with Crippen LogP contribution < -0.4 is 0 Å². The Balaban J connectivity index is 0. The Morgan fingerprint density at radius 3 is 1.69 bits per heavy atom. The monoisotopic (exact) mass is 261 g/mol. The summed E-state index contributed by atoms with van der Waals surface area (Å²) in [6.45, 7) is -0.760. The van der Waals surface area contributed by atoms with Crippen molar-refractivity contribution in [1.29, 1.82) is 0 Å². The van der Waals surface area contributed by atoms with Gasteiger partial charge in [-0.1, -0.05) is 0 Å². The van der Waals surface area contributed by atoms with Crippen molar-refractivity contribution in [2.45, 2.75) is 24.4 Å². The highest BCUT2D eigenvalue weighted by atomic mass is 31.1. The molecule has 0 aromatic heterocycles. The van der Waals surface area contributed by atoms with Crippen LogP contribution in [0.25, 0.3) is 0 Å². The average Bonchev–Trinajstić information content (AvgIpc) is 2.24. The summed E-state index contributed by atoms with van der Waals surface area (Å²) < 4.78 is 8.70. The van der Waals surface area contributed by atoms with Gasteiger partial charge in [0.15, 0.2) is 6.29 Å². The SMILES string of the molecule is O=C[C@H](O)[C@@H](O)[C@H](O)[C@H](O)CO.O=[P+](O)O. The largest absolute Gasteiger partial charge is 0.692 e. The minimum absolute atomic E-state index is 0.0258. The summed E-state index contributed by atoms with van der Waals surface area (Å²) in [6.07, 6.45) is -6.84. The second kappa shape index (κ2) is 9.70. The molecule has 0 aliphatic heterocycles. The van der Waals surface area contributed by atoms with Gasteiger partial charge in [0.05, 0.1) is 6.61 Å².